The molecular weight excluding hydrogens is 388 g/mol. The zero-order chi connectivity index (χ0) is 21.0. The molecule has 4 rings (SSSR count). The first-order valence-electron chi connectivity index (χ1n) is 9.57. The molecule has 1 aromatic carbocycles. The summed E-state index contributed by atoms with van der Waals surface area (Å²) in [6, 6.07) is 3.05. The number of carbonyl (C=O) groups is 1. The van der Waals surface area contributed by atoms with Crippen molar-refractivity contribution in [3.8, 4) is 0 Å². The Balaban J connectivity index is 1.68. The van der Waals surface area contributed by atoms with Crippen LogP contribution in [0.1, 0.15) is 49.3 Å². The van der Waals surface area contributed by atoms with Crippen LogP contribution in [0.4, 0.5) is 17.6 Å². The molecule has 0 bridgehead atoms. The van der Waals surface area contributed by atoms with Crippen molar-refractivity contribution < 1.29 is 22.4 Å². The smallest absolute Gasteiger partial charge is 0.250 e. The van der Waals surface area contributed by atoms with Gasteiger partial charge in [0.05, 0.1) is 11.7 Å². The van der Waals surface area contributed by atoms with E-state index in [4.69, 9.17) is 5.73 Å². The average Bonchev–Trinajstić information content (AvgIpc) is 3.20. The maximum Gasteiger partial charge on any atom is 0.250 e. The van der Waals surface area contributed by atoms with Crippen molar-refractivity contribution in [1.29, 1.82) is 0 Å². The molecule has 0 saturated carbocycles. The molecule has 2 aliphatic rings. The number of aryl methyl sites for hydroxylation is 1. The highest BCUT2D eigenvalue weighted by Gasteiger charge is 2.47. The van der Waals surface area contributed by atoms with Gasteiger partial charge in [-0.05, 0) is 31.0 Å². The van der Waals surface area contributed by atoms with Gasteiger partial charge in [0.25, 0.3) is 5.92 Å². The lowest BCUT2D eigenvalue weighted by Crippen LogP contribution is -2.57. The number of likely N-dealkylation sites (tertiary alicyclic amines) is 1. The monoisotopic (exact) mass is 410 g/mol. The van der Waals surface area contributed by atoms with E-state index in [2.05, 4.69) is 4.98 Å². The van der Waals surface area contributed by atoms with Crippen molar-refractivity contribution in [3.63, 3.8) is 0 Å². The highest BCUT2D eigenvalue weighted by Crippen LogP contribution is 2.38. The molecule has 1 amide bonds. The molecule has 1 saturated heterocycles. The van der Waals surface area contributed by atoms with Crippen molar-refractivity contribution in [2.45, 2.75) is 50.1 Å². The lowest BCUT2D eigenvalue weighted by Gasteiger charge is -2.42. The summed E-state index contributed by atoms with van der Waals surface area (Å²) in [5, 5.41) is 0. The van der Waals surface area contributed by atoms with Gasteiger partial charge in [-0.15, -0.1) is 0 Å². The lowest BCUT2D eigenvalue weighted by molar-refractivity contribution is -0.136. The second-order valence-corrected chi connectivity index (χ2v) is 7.99. The molecule has 3 heterocycles. The van der Waals surface area contributed by atoms with E-state index < -0.39 is 29.0 Å². The van der Waals surface area contributed by atoms with Crippen LogP contribution in [0, 0.1) is 11.6 Å². The number of nitrogens with two attached hydrogens (primary N) is 1. The molecule has 0 spiro atoms. The first-order chi connectivity index (χ1) is 13.6. The molecule has 5 nitrogen and oxygen atoms in total. The predicted octanol–water partition coefficient (Wildman–Crippen LogP) is 3.13. The van der Waals surface area contributed by atoms with Crippen molar-refractivity contribution in [2.24, 2.45) is 5.73 Å². The van der Waals surface area contributed by atoms with E-state index in [1.165, 1.54) is 12.1 Å². The molecule has 0 radical (unpaired) electrons. The van der Waals surface area contributed by atoms with Gasteiger partial charge in [0, 0.05) is 44.6 Å². The maximum absolute atomic E-state index is 13.7. The number of amides is 1. The van der Waals surface area contributed by atoms with E-state index in [0.717, 1.165) is 6.07 Å². The normalized spacial score (nSPS) is 23.6. The highest BCUT2D eigenvalue weighted by molar-refractivity contribution is 5.85. The van der Waals surface area contributed by atoms with Gasteiger partial charge in [0.2, 0.25) is 5.91 Å². The predicted molar refractivity (Wildman–Crippen MR) is 97.3 cm³/mol. The van der Waals surface area contributed by atoms with Crippen LogP contribution in [0.5, 0.6) is 0 Å². The fraction of sp³-hybridized carbons (Fsp3) is 0.500. The molecule has 2 aliphatic heterocycles. The summed E-state index contributed by atoms with van der Waals surface area (Å²) in [4.78, 5) is 18.6. The fourth-order valence-corrected chi connectivity index (χ4v) is 4.35. The van der Waals surface area contributed by atoms with Gasteiger partial charge in [0.15, 0.2) is 0 Å². The van der Waals surface area contributed by atoms with Crippen molar-refractivity contribution in [3.05, 3.63) is 53.1 Å². The Labute approximate surface area is 165 Å². The van der Waals surface area contributed by atoms with Gasteiger partial charge >= 0.3 is 0 Å². The van der Waals surface area contributed by atoms with Gasteiger partial charge in [-0.1, -0.05) is 0 Å². The summed E-state index contributed by atoms with van der Waals surface area (Å²) in [5.74, 6) is -4.08. The van der Waals surface area contributed by atoms with Gasteiger partial charge in [0.1, 0.15) is 23.0 Å². The van der Waals surface area contributed by atoms with Crippen molar-refractivity contribution in [2.75, 3.05) is 13.1 Å². The third-order valence-corrected chi connectivity index (χ3v) is 6.16. The van der Waals surface area contributed by atoms with Gasteiger partial charge in [-0.25, -0.2) is 22.5 Å². The highest BCUT2D eigenvalue weighted by atomic mass is 19.3. The van der Waals surface area contributed by atoms with E-state index in [-0.39, 0.29) is 32.0 Å². The van der Waals surface area contributed by atoms with E-state index in [1.807, 2.05) is 0 Å². The van der Waals surface area contributed by atoms with E-state index in [0.29, 0.717) is 29.9 Å². The second kappa shape index (κ2) is 6.83. The largest absolute Gasteiger partial charge is 0.368 e. The number of rotatable bonds is 4. The number of hydrogen-bond donors (Lipinski definition) is 1. The molecule has 156 valence electrons. The number of aromatic nitrogens is 2. The zero-order valence-corrected chi connectivity index (χ0v) is 16.0. The number of imidazole rings is 1. The molecule has 9 heteroatoms. The molecular formula is C20H22F4N4O. The minimum atomic E-state index is -2.75. The lowest BCUT2D eigenvalue weighted by atomic mass is 9.91. The number of piperidine rings is 1. The minimum Gasteiger partial charge on any atom is -0.368 e. The molecule has 2 aromatic rings. The minimum absolute atomic E-state index is 0.0210. The first-order valence-corrected chi connectivity index (χ1v) is 9.57. The quantitative estimate of drug-likeness (QED) is 0.788. The average molecular weight is 410 g/mol. The molecule has 1 aromatic heterocycles. The molecule has 1 fully saturated rings. The van der Waals surface area contributed by atoms with Crippen LogP contribution in [0.25, 0.3) is 0 Å². The number of hydrogen-bond acceptors (Lipinski definition) is 3. The Morgan fingerprint density at radius 3 is 2.41 bits per heavy atom. The van der Waals surface area contributed by atoms with Crippen LogP contribution < -0.4 is 5.73 Å². The van der Waals surface area contributed by atoms with Crippen LogP contribution in [-0.4, -0.2) is 39.4 Å². The van der Waals surface area contributed by atoms with Crippen LogP contribution in [0.3, 0.4) is 0 Å². The number of primary amides is 1. The van der Waals surface area contributed by atoms with E-state index in [9.17, 15) is 22.4 Å². The first kappa shape index (κ1) is 19.9. The zero-order valence-electron chi connectivity index (χ0n) is 16.0. The van der Waals surface area contributed by atoms with Gasteiger partial charge in [-0.2, -0.15) is 0 Å². The maximum atomic E-state index is 13.7. The second-order valence-electron chi connectivity index (χ2n) is 7.99. The Kier molecular flexibility index (Phi) is 4.68. The van der Waals surface area contributed by atoms with E-state index >= 15 is 0 Å². The summed E-state index contributed by atoms with van der Waals surface area (Å²) in [6.45, 7) is 1.63. The Bertz CT molecular complexity index is 930. The summed E-state index contributed by atoms with van der Waals surface area (Å²) >= 11 is 0. The summed E-state index contributed by atoms with van der Waals surface area (Å²) in [7, 11) is 0. The SMILES string of the molecule is CC(C(N)=O)(c1cn2c(n1)CC[C@@H]2c1cc(F)cc(F)c1)N1CCC(F)(F)CC1. The van der Waals surface area contributed by atoms with Gasteiger partial charge in [-0.3, -0.25) is 9.69 Å². The number of benzene rings is 1. The Hall–Kier alpha value is -2.42. The number of halogens is 4. The Morgan fingerprint density at radius 2 is 1.83 bits per heavy atom. The summed E-state index contributed by atoms with van der Waals surface area (Å²) in [6.07, 6.45) is 2.14. The number of alkyl halides is 2. The molecule has 2 N–H and O–H groups in total. The van der Waals surface area contributed by atoms with Crippen LogP contribution >= 0.6 is 0 Å². The number of nitrogens with zero attached hydrogens (tertiary/aromatic N) is 3. The van der Waals surface area contributed by atoms with Crippen molar-refractivity contribution in [1.82, 2.24) is 14.5 Å². The molecule has 1 unspecified atom stereocenters. The fourth-order valence-electron chi connectivity index (χ4n) is 4.35. The summed E-state index contributed by atoms with van der Waals surface area (Å²) < 4.78 is 56.3. The number of fused-ring (bicyclic) bond motifs is 1. The standard InChI is InChI=1S/C20H22F4N4O/c1-19(18(25)29,27-6-4-20(23,24)5-7-27)16-11-28-15(2-3-17(28)26-16)12-8-13(21)10-14(22)9-12/h8-11,15H,2-7H2,1H3,(H2,25,29)/t15-,19?/m1/s1. The third kappa shape index (κ3) is 3.41. The molecule has 29 heavy (non-hydrogen) atoms. The third-order valence-electron chi connectivity index (χ3n) is 6.16. The summed E-state index contributed by atoms with van der Waals surface area (Å²) in [5.41, 5.74) is 5.19. The van der Waals surface area contributed by atoms with E-state index in [1.54, 1.807) is 22.6 Å². The van der Waals surface area contributed by atoms with Gasteiger partial charge < -0.3 is 10.3 Å². The van der Waals surface area contributed by atoms with Crippen LogP contribution in [0.15, 0.2) is 24.4 Å². The number of carbonyl (C=O) groups excluding carboxylic acids is 1. The molecule has 0 aliphatic carbocycles. The topological polar surface area (TPSA) is 64.2 Å². The molecule has 2 atom stereocenters. The van der Waals surface area contributed by atoms with Crippen LogP contribution in [-0.2, 0) is 16.8 Å². The van der Waals surface area contributed by atoms with Crippen molar-refractivity contribution >= 4 is 5.91 Å². The van der Waals surface area contributed by atoms with Crippen LogP contribution in [0.2, 0.25) is 0 Å². The Morgan fingerprint density at radius 1 is 1.21 bits per heavy atom.